The molecule has 0 saturated carbocycles. The molecule has 20 heteroatoms. The minimum absolute atomic E-state index is 1.89. The summed E-state index contributed by atoms with van der Waals surface area (Å²) in [6, 6.07) is 0. The number of hydrogen-bond acceptors (Lipinski definition) is 9. The van der Waals surface area contributed by atoms with Gasteiger partial charge in [0.05, 0.1) is 0 Å². The van der Waals surface area contributed by atoms with Gasteiger partial charge in [-0.25, -0.2) is 9.59 Å². The predicted molar refractivity (Wildman–Crippen MR) is 74.4 cm³/mol. The first-order valence-electron chi connectivity index (χ1n) is 5.50. The molecule has 0 fully saturated rings. The van der Waals surface area contributed by atoms with Crippen molar-refractivity contribution in [2.75, 3.05) is 0 Å². The molecular weight excluding hydrogens is 437 g/mol. The molecule has 0 rings (SSSR count). The van der Waals surface area contributed by atoms with E-state index in [0.717, 1.165) is 0 Å². The molecule has 0 saturated heterocycles. The zero-order valence-corrected chi connectivity index (χ0v) is 14.7. The normalized spacial score (nSPS) is 18.5. The van der Waals surface area contributed by atoms with E-state index in [1.807, 2.05) is 0 Å². The van der Waals surface area contributed by atoms with Crippen LogP contribution < -0.4 is 0 Å². The Hall–Kier alpha value is -0.770. The lowest BCUT2D eigenvalue weighted by Crippen LogP contribution is -2.48. The molecule has 0 radical (unpaired) electrons. The quantitative estimate of drug-likeness (QED) is 0.161. The zero-order valence-electron chi connectivity index (χ0n) is 12.0. The van der Waals surface area contributed by atoms with Crippen molar-refractivity contribution >= 4 is 34.7 Å². The van der Waals surface area contributed by atoms with Gasteiger partial charge in [0, 0.05) is 0 Å². The van der Waals surface area contributed by atoms with E-state index in [-0.39, 0.29) is 0 Å². The van der Waals surface area contributed by atoms with Crippen molar-refractivity contribution in [2.45, 2.75) is 23.1 Å². The highest BCUT2D eigenvalue weighted by Gasteiger charge is 2.64. The van der Waals surface area contributed by atoms with Crippen molar-refractivity contribution in [1.29, 1.82) is 0 Å². The second-order valence-electron chi connectivity index (χ2n) is 4.32. The van der Waals surface area contributed by atoms with Gasteiger partial charge in [-0.3, -0.25) is 13.7 Å². The summed E-state index contributed by atoms with van der Waals surface area (Å²) < 4.78 is 31.0. The second kappa shape index (κ2) is 8.95. The van der Waals surface area contributed by atoms with Crippen LogP contribution in [0, 0.1) is 0 Å². The number of carboxylic acids is 2. The largest absolute Gasteiger partial charge is 0.479 e. The van der Waals surface area contributed by atoms with Crippen LogP contribution in [0.1, 0.15) is 0 Å². The Labute approximate surface area is 142 Å². The van der Waals surface area contributed by atoms with E-state index >= 15 is 0 Å². The van der Waals surface area contributed by atoms with E-state index in [1.165, 1.54) is 0 Å². The molecule has 17 nitrogen and oxygen atoms in total. The maximum atomic E-state index is 10.5. The Balaban J connectivity index is 0. The van der Waals surface area contributed by atoms with Gasteiger partial charge < -0.3 is 60.0 Å². The second-order valence-corrected chi connectivity index (χ2v) is 9.47. The number of aliphatic hydroxyl groups is 4. The number of aliphatic hydroxyl groups excluding tert-OH is 3. The highest BCUT2D eigenvalue weighted by atomic mass is 31.2. The van der Waals surface area contributed by atoms with E-state index in [1.54, 1.807) is 0 Å². The molecule has 4 atom stereocenters. The lowest BCUT2D eigenvalue weighted by molar-refractivity contribution is -0.157. The van der Waals surface area contributed by atoms with Crippen LogP contribution in [0.15, 0.2) is 0 Å². The van der Waals surface area contributed by atoms with Crippen molar-refractivity contribution in [3.8, 4) is 0 Å². The number of hydrogen-bond donors (Lipinski definition) is 12. The number of aliphatic carboxylic acids is 2. The molecule has 0 aromatic heterocycles. The van der Waals surface area contributed by atoms with Crippen LogP contribution in [0.3, 0.4) is 0 Å². The van der Waals surface area contributed by atoms with E-state index in [9.17, 15) is 23.3 Å². The highest BCUT2D eigenvalue weighted by Crippen LogP contribution is 2.59. The first kappa shape index (κ1) is 27.4. The van der Waals surface area contributed by atoms with Crippen molar-refractivity contribution in [1.82, 2.24) is 0 Å². The number of rotatable bonds is 7. The summed E-state index contributed by atoms with van der Waals surface area (Å²) in [5, 5.41) is 46.4. The third-order valence-electron chi connectivity index (χ3n) is 2.32. The molecule has 4 unspecified atom stereocenters. The van der Waals surface area contributed by atoms with Crippen molar-refractivity contribution in [2.24, 2.45) is 0 Å². The van der Waals surface area contributed by atoms with Crippen LogP contribution in [0.25, 0.3) is 0 Å². The smallest absolute Gasteiger partial charge is 0.372 e. The lowest BCUT2D eigenvalue weighted by Gasteiger charge is -2.28. The molecule has 156 valence electrons. The Morgan fingerprint density at radius 3 is 1.19 bits per heavy atom. The molecule has 12 N–H and O–H groups in total. The highest BCUT2D eigenvalue weighted by molar-refractivity contribution is 7.58. The number of carboxylic acid groups (broad SMARTS) is 2. The van der Waals surface area contributed by atoms with Gasteiger partial charge in [0.25, 0.3) is 0 Å². The van der Waals surface area contributed by atoms with Gasteiger partial charge in [-0.1, -0.05) is 0 Å². The Kier molecular flexibility index (Phi) is 9.44. The van der Waals surface area contributed by atoms with Crippen LogP contribution in [0.2, 0.25) is 0 Å². The van der Waals surface area contributed by atoms with Crippen LogP contribution in [0.5, 0.6) is 0 Å². The predicted octanol–water partition coefficient (Wildman–Crippen LogP) is -4.64. The Morgan fingerprint density at radius 2 is 1.12 bits per heavy atom. The fourth-order valence-corrected chi connectivity index (χ4v) is 3.46. The van der Waals surface area contributed by atoms with Crippen LogP contribution in [-0.4, -0.2) is 95.1 Å². The zero-order chi connectivity index (χ0) is 21.9. The molecule has 0 amide bonds. The lowest BCUT2D eigenvalue weighted by atomic mass is 10.4. The summed E-state index contributed by atoms with van der Waals surface area (Å²) >= 11 is 0. The van der Waals surface area contributed by atoms with Gasteiger partial charge in [0.1, 0.15) is 0 Å². The minimum atomic E-state index is -5.88. The molecule has 0 heterocycles. The van der Waals surface area contributed by atoms with Crippen molar-refractivity contribution in [3.05, 3.63) is 0 Å². The van der Waals surface area contributed by atoms with Gasteiger partial charge in [-0.2, -0.15) is 0 Å². The molecule has 0 spiro atoms. The summed E-state index contributed by atoms with van der Waals surface area (Å²) in [4.78, 5) is 69.9. The van der Waals surface area contributed by atoms with Gasteiger partial charge in [0.15, 0.2) is 11.9 Å². The molecule has 0 aromatic carbocycles. The molecule has 26 heavy (non-hydrogen) atoms. The topological polar surface area (TPSA) is 328 Å². The third-order valence-corrected chi connectivity index (χ3v) is 5.83. The molecule has 0 aliphatic rings. The van der Waals surface area contributed by atoms with E-state index in [4.69, 9.17) is 60.0 Å². The summed E-state index contributed by atoms with van der Waals surface area (Å²) in [7, 11) is -16.4. The van der Waals surface area contributed by atoms with Gasteiger partial charge >= 0.3 is 40.1 Å². The Bertz CT molecular complexity index is 653. The molecule has 0 aliphatic heterocycles. The average molecular weight is 452 g/mol. The standard InChI is InChI=1S/C3H8O10P2.C3H7O7P/c4-1(5)3(7,15(11,12)13)2(6)14(8,9)10;4-1(2(5)6)3(7)11(8,9)10/h2,6-7H,(H,4,5)(H2,8,9,10)(H2,11,12,13);1,3-4,7H,(H,5,6)(H2,8,9,10). The van der Waals surface area contributed by atoms with E-state index in [0.29, 0.717) is 0 Å². The third kappa shape index (κ3) is 7.09. The minimum Gasteiger partial charge on any atom is -0.479 e. The summed E-state index contributed by atoms with van der Waals surface area (Å²) in [6.45, 7) is 0. The fourth-order valence-electron chi connectivity index (χ4n) is 0.931. The van der Waals surface area contributed by atoms with Gasteiger partial charge in [0.2, 0.25) is 5.85 Å². The summed E-state index contributed by atoms with van der Waals surface area (Å²) in [5.41, 5.74) is 0. The van der Waals surface area contributed by atoms with Gasteiger partial charge in [-0.05, 0) is 0 Å². The van der Waals surface area contributed by atoms with Crippen molar-refractivity contribution in [3.63, 3.8) is 0 Å². The monoisotopic (exact) mass is 452 g/mol. The van der Waals surface area contributed by atoms with E-state index in [2.05, 4.69) is 0 Å². The fraction of sp³-hybridized carbons (Fsp3) is 0.667. The van der Waals surface area contributed by atoms with Gasteiger partial charge in [-0.15, -0.1) is 0 Å². The molecule has 0 aliphatic carbocycles. The van der Waals surface area contributed by atoms with Crippen molar-refractivity contribution < 1.29 is 83.3 Å². The molecule has 0 aromatic rings. The SMILES string of the molecule is O=C(O)C(O)(C(O)P(=O)(O)O)P(=O)(O)O.O=C(O)C(O)C(O)P(=O)(O)O. The Morgan fingerprint density at radius 1 is 0.769 bits per heavy atom. The maximum absolute atomic E-state index is 10.5. The first-order chi connectivity index (χ1) is 11.1. The maximum Gasteiger partial charge on any atom is 0.372 e. The number of carbonyl (C=O) groups is 2. The van der Waals surface area contributed by atoms with Crippen LogP contribution in [-0.2, 0) is 23.3 Å². The molecule has 0 bridgehead atoms. The first-order valence-corrected chi connectivity index (χ1v) is 10.5. The molecular formula is C6H15O17P3. The average Bonchev–Trinajstić information content (AvgIpc) is 2.40. The van der Waals surface area contributed by atoms with Crippen LogP contribution in [0.4, 0.5) is 0 Å². The van der Waals surface area contributed by atoms with Crippen LogP contribution >= 0.6 is 22.8 Å². The summed E-state index contributed by atoms with van der Waals surface area (Å²) in [6.07, 6.45) is -2.46. The van der Waals surface area contributed by atoms with E-state index < -0.39 is 57.9 Å². The summed E-state index contributed by atoms with van der Waals surface area (Å²) in [5.74, 6) is -10.5.